The summed E-state index contributed by atoms with van der Waals surface area (Å²) in [7, 11) is 0. The van der Waals surface area contributed by atoms with Gasteiger partial charge in [0.1, 0.15) is 23.4 Å². The van der Waals surface area contributed by atoms with Crippen LogP contribution in [0.4, 0.5) is 8.78 Å². The first-order valence-corrected chi connectivity index (χ1v) is 4.73. The third kappa shape index (κ3) is 1.92. The second-order valence-corrected chi connectivity index (χ2v) is 3.29. The van der Waals surface area contributed by atoms with E-state index in [9.17, 15) is 13.9 Å². The molecule has 1 atom stereocenters. The lowest BCUT2D eigenvalue weighted by molar-refractivity contribution is 0.204. The lowest BCUT2D eigenvalue weighted by atomic mass is 10.1. The number of aliphatic hydroxyl groups excluding tert-OH is 1. The van der Waals surface area contributed by atoms with E-state index in [1.807, 2.05) is 0 Å². The van der Waals surface area contributed by atoms with E-state index in [2.05, 4.69) is 4.98 Å². The first kappa shape index (κ1) is 10.7. The molecule has 0 aliphatic heterocycles. The van der Waals surface area contributed by atoms with E-state index in [4.69, 9.17) is 0 Å². The van der Waals surface area contributed by atoms with Gasteiger partial charge in [-0.05, 0) is 18.2 Å². The molecule has 0 aliphatic carbocycles. The lowest BCUT2D eigenvalue weighted by Gasteiger charge is -2.11. The second kappa shape index (κ2) is 4.37. The van der Waals surface area contributed by atoms with Crippen molar-refractivity contribution in [2.24, 2.45) is 0 Å². The highest BCUT2D eigenvalue weighted by Gasteiger charge is 2.18. The number of pyridine rings is 1. The quantitative estimate of drug-likeness (QED) is 0.844. The molecule has 1 heterocycles. The molecule has 0 spiro atoms. The third-order valence-corrected chi connectivity index (χ3v) is 2.25. The van der Waals surface area contributed by atoms with E-state index in [1.165, 1.54) is 36.5 Å². The molecule has 2 aromatic rings. The van der Waals surface area contributed by atoms with E-state index in [1.54, 1.807) is 6.07 Å². The molecule has 1 N–H and O–H groups in total. The van der Waals surface area contributed by atoms with Gasteiger partial charge in [-0.1, -0.05) is 18.2 Å². The summed E-state index contributed by atoms with van der Waals surface area (Å²) in [6.07, 6.45) is -0.0370. The van der Waals surface area contributed by atoms with Gasteiger partial charge in [0.15, 0.2) is 0 Å². The molecular weight excluding hydrogens is 212 g/mol. The van der Waals surface area contributed by atoms with Crippen LogP contribution in [0.25, 0.3) is 0 Å². The molecule has 2 nitrogen and oxygen atoms in total. The van der Waals surface area contributed by atoms with Crippen molar-refractivity contribution >= 4 is 0 Å². The summed E-state index contributed by atoms with van der Waals surface area (Å²) >= 11 is 0. The fraction of sp³-hybridized carbons (Fsp3) is 0.0833. The number of hydrogen-bond acceptors (Lipinski definition) is 2. The first-order valence-electron chi connectivity index (χ1n) is 4.73. The smallest absolute Gasteiger partial charge is 0.147 e. The molecular formula is C12H9F2NO. The van der Waals surface area contributed by atoms with Crippen molar-refractivity contribution in [2.45, 2.75) is 6.10 Å². The van der Waals surface area contributed by atoms with Crippen molar-refractivity contribution in [2.75, 3.05) is 0 Å². The SMILES string of the molecule is OC(c1ccccc1F)c1ncccc1F. The summed E-state index contributed by atoms with van der Waals surface area (Å²) < 4.78 is 26.7. The standard InChI is InChI=1S/C12H9F2NO/c13-9-5-2-1-4-8(9)12(16)11-10(14)6-3-7-15-11/h1-7,12,16H. The number of nitrogens with zero attached hydrogens (tertiary/aromatic N) is 1. The lowest BCUT2D eigenvalue weighted by Crippen LogP contribution is -2.06. The first-order chi connectivity index (χ1) is 7.70. The van der Waals surface area contributed by atoms with Crippen LogP contribution in [0.2, 0.25) is 0 Å². The van der Waals surface area contributed by atoms with E-state index in [-0.39, 0.29) is 11.3 Å². The van der Waals surface area contributed by atoms with Crippen molar-refractivity contribution in [3.05, 3.63) is 65.5 Å². The van der Waals surface area contributed by atoms with Crippen LogP contribution in [0.5, 0.6) is 0 Å². The largest absolute Gasteiger partial charge is 0.382 e. The Balaban J connectivity index is 2.44. The minimum atomic E-state index is -1.39. The molecule has 1 aromatic heterocycles. The highest BCUT2D eigenvalue weighted by atomic mass is 19.1. The zero-order valence-electron chi connectivity index (χ0n) is 8.27. The summed E-state index contributed by atoms with van der Waals surface area (Å²) in [4.78, 5) is 3.70. The number of halogens is 2. The van der Waals surface area contributed by atoms with Crippen molar-refractivity contribution < 1.29 is 13.9 Å². The van der Waals surface area contributed by atoms with Crippen LogP contribution in [0.15, 0.2) is 42.6 Å². The molecule has 1 unspecified atom stereocenters. The molecule has 0 aliphatic rings. The van der Waals surface area contributed by atoms with Crippen molar-refractivity contribution in [3.8, 4) is 0 Å². The molecule has 0 fully saturated rings. The van der Waals surface area contributed by atoms with Crippen molar-refractivity contribution in [1.82, 2.24) is 4.98 Å². The molecule has 0 radical (unpaired) electrons. The summed E-state index contributed by atoms with van der Waals surface area (Å²) in [6, 6.07) is 8.26. The predicted octanol–water partition coefficient (Wildman–Crippen LogP) is 2.44. The van der Waals surface area contributed by atoms with Crippen LogP contribution in [-0.2, 0) is 0 Å². The molecule has 0 saturated heterocycles. The fourth-order valence-electron chi connectivity index (χ4n) is 1.44. The van der Waals surface area contributed by atoms with Gasteiger partial charge in [0, 0.05) is 11.8 Å². The normalized spacial score (nSPS) is 12.4. The maximum absolute atomic E-state index is 13.3. The van der Waals surface area contributed by atoms with Gasteiger partial charge in [0.05, 0.1) is 0 Å². The van der Waals surface area contributed by atoms with Gasteiger partial charge >= 0.3 is 0 Å². The van der Waals surface area contributed by atoms with E-state index < -0.39 is 17.7 Å². The summed E-state index contributed by atoms with van der Waals surface area (Å²) in [5, 5.41) is 9.81. The fourth-order valence-corrected chi connectivity index (χ4v) is 1.44. The summed E-state index contributed by atoms with van der Waals surface area (Å²) in [6.45, 7) is 0. The van der Waals surface area contributed by atoms with Crippen LogP contribution in [-0.4, -0.2) is 10.1 Å². The zero-order valence-corrected chi connectivity index (χ0v) is 8.27. The van der Waals surface area contributed by atoms with Crippen LogP contribution in [0.1, 0.15) is 17.4 Å². The maximum Gasteiger partial charge on any atom is 0.147 e. The molecule has 2 rings (SSSR count). The Morgan fingerprint density at radius 2 is 1.69 bits per heavy atom. The van der Waals surface area contributed by atoms with Crippen LogP contribution in [0, 0.1) is 11.6 Å². The Hall–Kier alpha value is -1.81. The number of hydrogen-bond donors (Lipinski definition) is 1. The minimum absolute atomic E-state index is 0.0140. The monoisotopic (exact) mass is 221 g/mol. The van der Waals surface area contributed by atoms with Gasteiger partial charge in [-0.2, -0.15) is 0 Å². The number of rotatable bonds is 2. The van der Waals surface area contributed by atoms with Crippen molar-refractivity contribution in [3.63, 3.8) is 0 Å². The Labute approximate surface area is 91.2 Å². The number of aromatic nitrogens is 1. The predicted molar refractivity (Wildman–Crippen MR) is 54.7 cm³/mol. The van der Waals surface area contributed by atoms with Gasteiger partial charge < -0.3 is 5.11 Å². The molecule has 0 bridgehead atoms. The van der Waals surface area contributed by atoms with Crippen LogP contribution in [0.3, 0.4) is 0 Å². The highest BCUT2D eigenvalue weighted by Crippen LogP contribution is 2.24. The zero-order chi connectivity index (χ0) is 11.5. The Kier molecular flexibility index (Phi) is 2.92. The molecule has 82 valence electrons. The van der Waals surface area contributed by atoms with E-state index in [0.717, 1.165) is 0 Å². The molecule has 0 saturated carbocycles. The highest BCUT2D eigenvalue weighted by molar-refractivity contribution is 5.27. The van der Waals surface area contributed by atoms with Gasteiger partial charge in [-0.25, -0.2) is 8.78 Å². The van der Waals surface area contributed by atoms with Gasteiger partial charge in [0.25, 0.3) is 0 Å². The molecule has 4 heteroatoms. The average molecular weight is 221 g/mol. The minimum Gasteiger partial charge on any atom is -0.382 e. The van der Waals surface area contributed by atoms with Crippen LogP contribution >= 0.6 is 0 Å². The summed E-state index contributed by atoms with van der Waals surface area (Å²) in [5.41, 5.74) is -0.160. The molecule has 16 heavy (non-hydrogen) atoms. The Bertz CT molecular complexity index is 456. The van der Waals surface area contributed by atoms with Gasteiger partial charge in [0.2, 0.25) is 0 Å². The Morgan fingerprint density at radius 1 is 1.00 bits per heavy atom. The maximum atomic E-state index is 13.3. The average Bonchev–Trinajstić information content (AvgIpc) is 2.29. The van der Waals surface area contributed by atoms with Crippen LogP contribution < -0.4 is 0 Å². The van der Waals surface area contributed by atoms with E-state index in [0.29, 0.717) is 0 Å². The van der Waals surface area contributed by atoms with Gasteiger partial charge in [-0.15, -0.1) is 0 Å². The van der Waals surface area contributed by atoms with Crippen molar-refractivity contribution in [1.29, 1.82) is 0 Å². The summed E-state index contributed by atoms with van der Waals surface area (Å²) in [5.74, 6) is -1.24. The van der Waals surface area contributed by atoms with Gasteiger partial charge in [-0.3, -0.25) is 4.98 Å². The molecule has 0 amide bonds. The second-order valence-electron chi connectivity index (χ2n) is 3.29. The molecule has 1 aromatic carbocycles. The van der Waals surface area contributed by atoms with E-state index >= 15 is 0 Å². The third-order valence-electron chi connectivity index (χ3n) is 2.25. The topological polar surface area (TPSA) is 33.1 Å². The number of benzene rings is 1. The number of aliphatic hydroxyl groups is 1. The Morgan fingerprint density at radius 3 is 2.38 bits per heavy atom.